The molecule has 0 radical (unpaired) electrons. The molecular formula is C15H22ClNOS. The van der Waals surface area contributed by atoms with Crippen molar-refractivity contribution in [3.8, 4) is 0 Å². The Morgan fingerprint density at radius 2 is 1.89 bits per heavy atom. The number of nitrogens with one attached hydrogen (secondary N) is 1. The third kappa shape index (κ3) is 6.35. The van der Waals surface area contributed by atoms with Gasteiger partial charge in [0.2, 0.25) is 5.91 Å². The topological polar surface area (TPSA) is 29.1 Å². The molecule has 1 N–H and O–H groups in total. The molecule has 0 saturated heterocycles. The van der Waals surface area contributed by atoms with Gasteiger partial charge in [0.05, 0.1) is 11.1 Å². The molecule has 1 amide bonds. The molecule has 0 bridgehead atoms. The quantitative estimate of drug-likeness (QED) is 0.582. The van der Waals surface area contributed by atoms with E-state index in [-0.39, 0.29) is 11.3 Å². The lowest BCUT2D eigenvalue weighted by Gasteiger charge is -2.19. The van der Waals surface area contributed by atoms with Crippen LogP contribution in [0.3, 0.4) is 0 Å². The molecule has 1 atom stereocenters. The molecule has 106 valence electrons. The van der Waals surface area contributed by atoms with Crippen molar-refractivity contribution in [1.29, 1.82) is 0 Å². The maximum absolute atomic E-state index is 11.7. The average molecular weight is 300 g/mol. The smallest absolute Gasteiger partial charge is 0.230 e. The van der Waals surface area contributed by atoms with Crippen LogP contribution in [0.4, 0.5) is 0 Å². The molecule has 0 fully saturated rings. The Morgan fingerprint density at radius 1 is 1.26 bits per heavy atom. The fourth-order valence-corrected chi connectivity index (χ4v) is 3.08. The van der Waals surface area contributed by atoms with Crippen molar-refractivity contribution in [3.63, 3.8) is 0 Å². The number of carbonyl (C=O) groups is 1. The van der Waals surface area contributed by atoms with Crippen molar-refractivity contribution in [2.45, 2.75) is 37.0 Å². The molecule has 4 heteroatoms. The van der Waals surface area contributed by atoms with Gasteiger partial charge in [-0.2, -0.15) is 0 Å². The van der Waals surface area contributed by atoms with E-state index in [1.54, 1.807) is 11.8 Å². The summed E-state index contributed by atoms with van der Waals surface area (Å²) in [6.07, 6.45) is 2.11. The Balaban J connectivity index is 2.24. The number of alkyl halides is 1. The van der Waals surface area contributed by atoms with Crippen LogP contribution in [-0.4, -0.2) is 23.6 Å². The van der Waals surface area contributed by atoms with Crippen molar-refractivity contribution < 1.29 is 4.79 Å². The second kappa shape index (κ2) is 9.27. The summed E-state index contributed by atoms with van der Waals surface area (Å²) in [5.41, 5.74) is 0. The molecule has 1 aromatic rings. The molecule has 0 aliphatic heterocycles. The Labute approximate surface area is 125 Å². The lowest BCUT2D eigenvalue weighted by atomic mass is 9.99. The highest BCUT2D eigenvalue weighted by Gasteiger charge is 2.16. The molecule has 19 heavy (non-hydrogen) atoms. The van der Waals surface area contributed by atoms with Crippen molar-refractivity contribution in [1.82, 2.24) is 5.32 Å². The third-order valence-corrected chi connectivity index (χ3v) is 4.69. The first-order chi connectivity index (χ1) is 9.17. The summed E-state index contributed by atoms with van der Waals surface area (Å²) in [5.74, 6) is 0.963. The zero-order valence-corrected chi connectivity index (χ0v) is 13.1. The van der Waals surface area contributed by atoms with Gasteiger partial charge in [-0.15, -0.1) is 23.4 Å². The molecule has 1 rings (SSSR count). The summed E-state index contributed by atoms with van der Waals surface area (Å²) < 4.78 is 0. The predicted molar refractivity (Wildman–Crippen MR) is 83.9 cm³/mol. The fraction of sp³-hybridized carbons (Fsp3) is 0.533. The maximum atomic E-state index is 11.7. The number of thioether (sulfide) groups is 1. The van der Waals surface area contributed by atoms with Crippen molar-refractivity contribution in [2.75, 3.05) is 12.3 Å². The Kier molecular flexibility index (Phi) is 7.99. The van der Waals surface area contributed by atoms with E-state index in [9.17, 15) is 4.79 Å². The molecule has 0 heterocycles. The number of halogens is 1. The Morgan fingerprint density at radius 3 is 2.47 bits per heavy atom. The van der Waals surface area contributed by atoms with Crippen LogP contribution < -0.4 is 5.32 Å². The number of rotatable bonds is 8. The maximum Gasteiger partial charge on any atom is 0.230 e. The summed E-state index contributed by atoms with van der Waals surface area (Å²) in [7, 11) is 0. The van der Waals surface area contributed by atoms with Gasteiger partial charge in [-0.3, -0.25) is 4.79 Å². The minimum atomic E-state index is 0.0284. The second-order valence-electron chi connectivity index (χ2n) is 4.50. The van der Waals surface area contributed by atoms with E-state index >= 15 is 0 Å². The van der Waals surface area contributed by atoms with Gasteiger partial charge in [-0.1, -0.05) is 44.9 Å². The molecular weight excluding hydrogens is 278 g/mol. The van der Waals surface area contributed by atoms with E-state index in [1.165, 1.54) is 0 Å². The minimum absolute atomic E-state index is 0.0284. The zero-order valence-electron chi connectivity index (χ0n) is 11.6. The summed E-state index contributed by atoms with van der Waals surface area (Å²) in [6, 6.07) is 9.93. The Bertz CT molecular complexity index is 368. The lowest BCUT2D eigenvalue weighted by molar-refractivity contribution is -0.118. The number of amides is 1. The van der Waals surface area contributed by atoms with Gasteiger partial charge in [0.15, 0.2) is 0 Å². The van der Waals surface area contributed by atoms with Crippen LogP contribution in [-0.2, 0) is 4.79 Å². The zero-order chi connectivity index (χ0) is 14.1. The number of benzene rings is 1. The van der Waals surface area contributed by atoms with E-state index in [4.69, 9.17) is 11.6 Å². The molecule has 1 unspecified atom stereocenters. The van der Waals surface area contributed by atoms with Gasteiger partial charge in [0.1, 0.15) is 0 Å². The van der Waals surface area contributed by atoms with E-state index in [1.807, 2.05) is 30.3 Å². The predicted octanol–water partition coefficient (Wildman–Crippen LogP) is 3.94. The third-order valence-electron chi connectivity index (χ3n) is 3.17. The minimum Gasteiger partial charge on any atom is -0.354 e. The van der Waals surface area contributed by atoms with Gasteiger partial charge >= 0.3 is 0 Å². The average Bonchev–Trinajstić information content (AvgIpc) is 2.45. The number of hydrogen-bond acceptors (Lipinski definition) is 2. The highest BCUT2D eigenvalue weighted by atomic mass is 35.5. The molecule has 1 aromatic carbocycles. The van der Waals surface area contributed by atoms with Crippen LogP contribution in [0.5, 0.6) is 0 Å². The van der Waals surface area contributed by atoms with E-state index in [0.29, 0.717) is 18.2 Å². The van der Waals surface area contributed by atoms with Crippen molar-refractivity contribution in [3.05, 3.63) is 30.3 Å². The summed E-state index contributed by atoms with van der Waals surface area (Å²) in [6.45, 7) is 4.83. The SMILES string of the molecule is CCC(CC)C(Cl)CNC(=O)CSc1ccccc1. The normalized spacial score (nSPS) is 12.4. The van der Waals surface area contributed by atoms with Crippen LogP contribution >= 0.6 is 23.4 Å². The second-order valence-corrected chi connectivity index (χ2v) is 6.11. The summed E-state index contributed by atoms with van der Waals surface area (Å²) in [5, 5.41) is 2.94. The van der Waals surface area contributed by atoms with E-state index in [2.05, 4.69) is 19.2 Å². The van der Waals surface area contributed by atoms with Crippen LogP contribution in [0.15, 0.2) is 35.2 Å². The van der Waals surface area contributed by atoms with Gasteiger partial charge < -0.3 is 5.32 Å². The first-order valence-electron chi connectivity index (χ1n) is 6.76. The van der Waals surface area contributed by atoms with Crippen LogP contribution in [0, 0.1) is 5.92 Å². The van der Waals surface area contributed by atoms with Gasteiger partial charge in [-0.05, 0) is 18.1 Å². The summed E-state index contributed by atoms with van der Waals surface area (Å²) >= 11 is 7.83. The molecule has 0 aliphatic carbocycles. The molecule has 0 saturated carbocycles. The monoisotopic (exact) mass is 299 g/mol. The Hall–Kier alpha value is -0.670. The lowest BCUT2D eigenvalue weighted by Crippen LogP contribution is -2.34. The molecule has 0 spiro atoms. The first kappa shape index (κ1) is 16.4. The summed E-state index contributed by atoms with van der Waals surface area (Å²) in [4.78, 5) is 12.8. The molecule has 0 aromatic heterocycles. The largest absolute Gasteiger partial charge is 0.354 e. The van der Waals surface area contributed by atoms with E-state index in [0.717, 1.165) is 17.7 Å². The van der Waals surface area contributed by atoms with E-state index < -0.39 is 0 Å². The standard InChI is InChI=1S/C15H22ClNOS/c1-3-12(4-2)14(16)10-17-15(18)11-19-13-8-6-5-7-9-13/h5-9,12,14H,3-4,10-11H2,1-2H3,(H,17,18). The van der Waals surface area contributed by atoms with Gasteiger partial charge in [-0.25, -0.2) is 0 Å². The number of carbonyl (C=O) groups excluding carboxylic acids is 1. The fourth-order valence-electron chi connectivity index (χ4n) is 1.89. The molecule has 2 nitrogen and oxygen atoms in total. The van der Waals surface area contributed by atoms with Crippen LogP contribution in [0.2, 0.25) is 0 Å². The highest BCUT2D eigenvalue weighted by Crippen LogP contribution is 2.18. The van der Waals surface area contributed by atoms with Gasteiger partial charge in [0.25, 0.3) is 0 Å². The number of hydrogen-bond donors (Lipinski definition) is 1. The van der Waals surface area contributed by atoms with Crippen molar-refractivity contribution >= 4 is 29.3 Å². The van der Waals surface area contributed by atoms with Crippen LogP contribution in [0.25, 0.3) is 0 Å². The van der Waals surface area contributed by atoms with Gasteiger partial charge in [0, 0.05) is 11.4 Å². The first-order valence-corrected chi connectivity index (χ1v) is 8.18. The highest BCUT2D eigenvalue weighted by molar-refractivity contribution is 8.00. The van der Waals surface area contributed by atoms with Crippen molar-refractivity contribution in [2.24, 2.45) is 5.92 Å². The van der Waals surface area contributed by atoms with Crippen LogP contribution in [0.1, 0.15) is 26.7 Å². The molecule has 0 aliphatic rings.